The van der Waals surface area contributed by atoms with Crippen molar-refractivity contribution in [1.82, 2.24) is 15.8 Å². The van der Waals surface area contributed by atoms with Gasteiger partial charge in [0.2, 0.25) is 2.14 Å². The number of imide groups is 1. The van der Waals surface area contributed by atoms with Gasteiger partial charge in [0.15, 0.2) is 0 Å². The quantitative estimate of drug-likeness (QED) is 0.251. The number of anilines is 1. The number of piperidine rings is 1. The number of amides is 4. The van der Waals surface area contributed by atoms with E-state index in [1.165, 1.54) is 12.1 Å². The zero-order chi connectivity index (χ0) is 28.5. The normalized spacial score (nSPS) is 14.0. The van der Waals surface area contributed by atoms with Crippen LogP contribution in [0.1, 0.15) is 49.7 Å². The van der Waals surface area contributed by atoms with Crippen LogP contribution in [0.3, 0.4) is 0 Å². The van der Waals surface area contributed by atoms with Crippen LogP contribution in [0.15, 0.2) is 30.3 Å². The summed E-state index contributed by atoms with van der Waals surface area (Å²) < 4.78 is 16.9. The minimum absolute atomic E-state index is 0.216. The van der Waals surface area contributed by atoms with Gasteiger partial charge in [0.1, 0.15) is 16.3 Å². The van der Waals surface area contributed by atoms with E-state index in [9.17, 15) is 23.6 Å². The van der Waals surface area contributed by atoms with Gasteiger partial charge in [0.25, 0.3) is 18.3 Å². The van der Waals surface area contributed by atoms with Gasteiger partial charge in [0.05, 0.1) is 5.69 Å². The van der Waals surface area contributed by atoms with Crippen molar-refractivity contribution in [3.63, 3.8) is 0 Å². The second-order valence-corrected chi connectivity index (χ2v) is 16.9. The summed E-state index contributed by atoms with van der Waals surface area (Å²) in [5, 5.41) is 6.53. The molecule has 0 spiro atoms. The number of hydrogen-bond donors (Lipinski definition) is 3. The molecule has 38 heavy (non-hydrogen) atoms. The Kier molecular flexibility index (Phi) is 12.3. The first-order valence-electron chi connectivity index (χ1n) is 11.5. The number of benzene rings is 1. The highest BCUT2D eigenvalue weighted by molar-refractivity contribution is 9.40. The molecule has 1 aromatic heterocycles. The molecule has 0 radical (unpaired) electrons. The summed E-state index contributed by atoms with van der Waals surface area (Å²) in [7, 11) is 0. The molecule has 1 fully saturated rings. The average Bonchev–Trinajstić information content (AvgIpc) is 3.22. The minimum atomic E-state index is -1.31. The Hall–Kier alpha value is -1.87. The predicted molar refractivity (Wildman–Crippen MR) is 156 cm³/mol. The molecule has 3 rings (SSSR count). The molecule has 1 saturated heterocycles. The van der Waals surface area contributed by atoms with Gasteiger partial charge in [-0.1, -0.05) is 18.6 Å². The fraction of sp³-hybridized carbons (Fsp3) is 0.417. The van der Waals surface area contributed by atoms with Crippen LogP contribution in [0.4, 0.5) is 14.9 Å². The first kappa shape index (κ1) is 32.3. The number of carbonyl (C=O) groups is 4. The van der Waals surface area contributed by atoms with E-state index >= 15 is 0 Å². The molecule has 208 valence electrons. The van der Waals surface area contributed by atoms with Gasteiger partial charge in [-0.05, 0) is 105 Å². The number of nitrogens with one attached hydrogen (secondary N) is 3. The van der Waals surface area contributed by atoms with E-state index in [1.807, 2.05) is 25.8 Å². The number of carbonyl (C=O) groups excluding carboxylic acids is 4. The van der Waals surface area contributed by atoms with Crippen molar-refractivity contribution in [2.45, 2.75) is 47.8 Å². The number of ether oxygens (including phenoxy) is 1. The summed E-state index contributed by atoms with van der Waals surface area (Å²) in [5.74, 6) is -1.48. The number of urea groups is 1. The summed E-state index contributed by atoms with van der Waals surface area (Å²) in [6, 6.07) is 6.72. The second-order valence-electron chi connectivity index (χ2n) is 9.08. The molecular weight excluding hydrogens is 715 g/mol. The SMILES string of the molecule is CC(C)(C)OC=O.O=C(NC(=O)C(Br)(Br)Br)Nc1cc(-c2cccc(F)c2)sc1C(=O)NN1CCCCC1. The molecule has 4 amide bonds. The third kappa shape index (κ3) is 11.1. The van der Waals surface area contributed by atoms with Gasteiger partial charge in [0, 0.05) is 18.0 Å². The maximum Gasteiger partial charge on any atom is 0.326 e. The van der Waals surface area contributed by atoms with E-state index < -0.39 is 19.9 Å². The fourth-order valence-corrected chi connectivity index (χ4v) is 4.41. The van der Waals surface area contributed by atoms with Crippen molar-refractivity contribution < 1.29 is 28.3 Å². The topological polar surface area (TPSA) is 117 Å². The van der Waals surface area contributed by atoms with Crippen molar-refractivity contribution in [3.8, 4) is 10.4 Å². The standard InChI is InChI=1S/C19H18Br3FN4O3S.C5H10O2/c20-19(21,22)17(29)25-18(30)24-13-10-14(11-5-4-6-12(23)9-11)31-15(13)16(28)26-27-7-2-1-3-8-27;1-5(2,3)7-4-6/h4-6,9-10H,1-3,7-8H2,(H,26,28)(H2,24,25,29,30);4H,1-3H3. The largest absolute Gasteiger partial charge is 0.462 e. The lowest BCUT2D eigenvalue weighted by molar-refractivity contribution is -0.138. The minimum Gasteiger partial charge on any atom is -0.462 e. The van der Waals surface area contributed by atoms with Crippen LogP contribution >= 0.6 is 59.1 Å². The molecule has 9 nitrogen and oxygen atoms in total. The van der Waals surface area contributed by atoms with E-state index in [4.69, 9.17) is 0 Å². The van der Waals surface area contributed by atoms with Crippen LogP contribution in [-0.4, -0.2) is 50.2 Å². The molecule has 0 unspecified atom stereocenters. The Morgan fingerprint density at radius 3 is 2.26 bits per heavy atom. The highest BCUT2D eigenvalue weighted by Gasteiger charge is 2.30. The molecule has 1 aliphatic rings. The van der Waals surface area contributed by atoms with Gasteiger partial charge in [-0.25, -0.2) is 14.2 Å². The number of alkyl halides is 3. The Morgan fingerprint density at radius 1 is 1.08 bits per heavy atom. The summed E-state index contributed by atoms with van der Waals surface area (Å²) in [6.07, 6.45) is 3.09. The van der Waals surface area contributed by atoms with E-state index in [0.29, 0.717) is 16.9 Å². The third-order valence-corrected chi connectivity index (χ3v) is 7.06. The van der Waals surface area contributed by atoms with Crippen LogP contribution in [0, 0.1) is 5.82 Å². The van der Waals surface area contributed by atoms with Crippen LogP contribution in [0.2, 0.25) is 0 Å². The molecule has 2 aromatic rings. The van der Waals surface area contributed by atoms with Gasteiger partial charge < -0.3 is 10.1 Å². The Morgan fingerprint density at radius 2 is 1.74 bits per heavy atom. The highest BCUT2D eigenvalue weighted by Crippen LogP contribution is 2.36. The van der Waals surface area contributed by atoms with Crippen LogP contribution in [-0.2, 0) is 14.3 Å². The first-order chi connectivity index (χ1) is 17.7. The number of hydrogen-bond acceptors (Lipinski definition) is 7. The van der Waals surface area contributed by atoms with Gasteiger partial charge >= 0.3 is 6.03 Å². The molecule has 1 aromatic carbocycles. The van der Waals surface area contributed by atoms with Crippen LogP contribution in [0.25, 0.3) is 10.4 Å². The van der Waals surface area contributed by atoms with Crippen molar-refractivity contribution in [2.24, 2.45) is 0 Å². The number of nitrogens with zero attached hydrogens (tertiary/aromatic N) is 1. The molecule has 0 saturated carbocycles. The van der Waals surface area contributed by atoms with Crippen molar-refractivity contribution in [1.29, 1.82) is 0 Å². The number of rotatable bonds is 5. The maximum absolute atomic E-state index is 13.7. The molecule has 0 aliphatic carbocycles. The predicted octanol–water partition coefficient (Wildman–Crippen LogP) is 6.13. The molecule has 0 bridgehead atoms. The third-order valence-electron chi connectivity index (χ3n) is 4.80. The monoisotopic (exact) mass is 740 g/mol. The van der Waals surface area contributed by atoms with Gasteiger partial charge in [-0.3, -0.25) is 25.1 Å². The van der Waals surface area contributed by atoms with Crippen LogP contribution < -0.4 is 16.1 Å². The smallest absolute Gasteiger partial charge is 0.326 e. The summed E-state index contributed by atoms with van der Waals surface area (Å²) in [5.41, 5.74) is 3.33. The molecule has 0 atom stereocenters. The number of thiophene rings is 1. The van der Waals surface area contributed by atoms with E-state index in [0.717, 1.165) is 43.7 Å². The lowest BCUT2D eigenvalue weighted by Gasteiger charge is -2.26. The zero-order valence-corrected chi connectivity index (χ0v) is 26.5. The Bertz CT molecular complexity index is 1140. The Balaban J connectivity index is 0.000000638. The highest BCUT2D eigenvalue weighted by atomic mass is 80.0. The average molecular weight is 743 g/mol. The molecular formula is C24H28Br3FN4O5S. The number of halogens is 4. The van der Waals surface area contributed by atoms with Crippen molar-refractivity contribution >= 4 is 89.1 Å². The summed E-state index contributed by atoms with van der Waals surface area (Å²) >= 11 is 10.2. The lowest BCUT2D eigenvalue weighted by atomic mass is 10.2. The van der Waals surface area contributed by atoms with E-state index in [1.54, 1.807) is 18.2 Å². The molecule has 3 N–H and O–H groups in total. The van der Waals surface area contributed by atoms with Gasteiger partial charge in [-0.2, -0.15) is 0 Å². The molecule has 2 heterocycles. The molecule has 1 aliphatic heterocycles. The van der Waals surface area contributed by atoms with Gasteiger partial charge in [-0.15, -0.1) is 11.3 Å². The van der Waals surface area contributed by atoms with Crippen molar-refractivity contribution in [3.05, 3.63) is 41.0 Å². The van der Waals surface area contributed by atoms with E-state index in [2.05, 4.69) is 68.6 Å². The van der Waals surface area contributed by atoms with E-state index in [-0.39, 0.29) is 22.1 Å². The summed E-state index contributed by atoms with van der Waals surface area (Å²) in [6.45, 7) is 7.41. The molecule has 14 heteroatoms. The maximum atomic E-state index is 13.7. The Labute approximate surface area is 249 Å². The van der Waals surface area contributed by atoms with Crippen molar-refractivity contribution in [2.75, 3.05) is 18.4 Å². The summed E-state index contributed by atoms with van der Waals surface area (Å²) in [4.78, 5) is 47.7. The van der Waals surface area contributed by atoms with Crippen LogP contribution in [0.5, 0.6) is 0 Å². The second kappa shape index (κ2) is 14.5. The lowest BCUT2D eigenvalue weighted by Crippen LogP contribution is -2.45. The fourth-order valence-electron chi connectivity index (χ4n) is 3.11. The number of hydrazine groups is 1. The zero-order valence-electron chi connectivity index (χ0n) is 20.9. The first-order valence-corrected chi connectivity index (χ1v) is 14.7.